The number of para-hydroxylation sites is 1. The molecule has 1 aliphatic rings. The van der Waals surface area contributed by atoms with Crippen molar-refractivity contribution in [2.75, 3.05) is 20.2 Å². The Kier molecular flexibility index (Phi) is 4.76. The molecule has 22 heavy (non-hydrogen) atoms. The lowest BCUT2D eigenvalue weighted by molar-refractivity contribution is 0.416. The first-order valence-corrected chi connectivity index (χ1v) is 8.00. The van der Waals surface area contributed by atoms with E-state index < -0.39 is 0 Å². The van der Waals surface area contributed by atoms with Gasteiger partial charge in [0, 0.05) is 12.1 Å². The van der Waals surface area contributed by atoms with Crippen molar-refractivity contribution in [3.8, 4) is 16.9 Å². The number of hydrogen-bond donors (Lipinski definition) is 2. The topological polar surface area (TPSA) is 47.3 Å². The second kappa shape index (κ2) is 6.95. The molecule has 1 aliphatic heterocycles. The second-order valence-electron chi connectivity index (χ2n) is 5.85. The molecule has 0 saturated carbocycles. The molecular weight excluding hydrogens is 272 g/mol. The smallest absolute Gasteiger partial charge is 0.126 e. The van der Waals surface area contributed by atoms with Gasteiger partial charge in [0.2, 0.25) is 0 Å². The molecule has 0 amide bonds. The van der Waals surface area contributed by atoms with Crippen LogP contribution in [0.5, 0.6) is 5.75 Å². The fourth-order valence-electron chi connectivity index (χ4n) is 3.32. The first-order chi connectivity index (χ1) is 10.8. The van der Waals surface area contributed by atoms with Crippen LogP contribution in [0.4, 0.5) is 0 Å². The largest absolute Gasteiger partial charge is 0.496 e. The van der Waals surface area contributed by atoms with E-state index in [-0.39, 0.29) is 0 Å². The van der Waals surface area contributed by atoms with Crippen LogP contribution in [0.1, 0.15) is 29.9 Å². The molecule has 3 heteroatoms. The normalized spacial score (nSPS) is 15.7. The van der Waals surface area contributed by atoms with Gasteiger partial charge in [-0.3, -0.25) is 0 Å². The third-order valence-corrected chi connectivity index (χ3v) is 4.56. The van der Waals surface area contributed by atoms with Gasteiger partial charge >= 0.3 is 0 Å². The van der Waals surface area contributed by atoms with Crippen molar-refractivity contribution in [3.05, 3.63) is 53.6 Å². The summed E-state index contributed by atoms with van der Waals surface area (Å²) in [5, 5.41) is 3.42. The standard InChI is InChI=1S/C19H24N2O/c1-22-19-5-3-2-4-18(19)17-7-6-15(12-16(17)13-20)14-8-10-21-11-9-14/h2-7,12,14,21H,8-11,13,20H2,1H3. The third kappa shape index (κ3) is 3.01. The molecule has 1 heterocycles. The van der Waals surface area contributed by atoms with E-state index in [1.807, 2.05) is 18.2 Å². The Hall–Kier alpha value is -1.84. The van der Waals surface area contributed by atoms with Gasteiger partial charge in [0.1, 0.15) is 5.75 Å². The summed E-state index contributed by atoms with van der Waals surface area (Å²) >= 11 is 0. The summed E-state index contributed by atoms with van der Waals surface area (Å²) in [6.45, 7) is 2.76. The van der Waals surface area contributed by atoms with E-state index in [9.17, 15) is 0 Å². The Morgan fingerprint density at radius 3 is 2.59 bits per heavy atom. The first-order valence-electron chi connectivity index (χ1n) is 8.00. The minimum atomic E-state index is 0.548. The number of rotatable bonds is 4. The highest BCUT2D eigenvalue weighted by atomic mass is 16.5. The summed E-state index contributed by atoms with van der Waals surface area (Å²) < 4.78 is 5.50. The lowest BCUT2D eigenvalue weighted by Gasteiger charge is -2.24. The molecule has 0 aromatic heterocycles. The van der Waals surface area contributed by atoms with Crippen LogP contribution in [-0.4, -0.2) is 20.2 Å². The highest BCUT2D eigenvalue weighted by molar-refractivity contribution is 5.73. The summed E-state index contributed by atoms with van der Waals surface area (Å²) in [7, 11) is 1.71. The van der Waals surface area contributed by atoms with Gasteiger partial charge in [-0.2, -0.15) is 0 Å². The van der Waals surface area contributed by atoms with Crippen LogP contribution in [0.15, 0.2) is 42.5 Å². The highest BCUT2D eigenvalue weighted by Gasteiger charge is 2.17. The van der Waals surface area contributed by atoms with E-state index in [0.29, 0.717) is 12.5 Å². The summed E-state index contributed by atoms with van der Waals surface area (Å²) in [6, 6.07) is 14.9. The number of benzene rings is 2. The number of nitrogens with one attached hydrogen (secondary N) is 1. The Morgan fingerprint density at radius 2 is 1.86 bits per heavy atom. The number of nitrogens with two attached hydrogens (primary N) is 1. The van der Waals surface area contributed by atoms with Crippen molar-refractivity contribution >= 4 is 0 Å². The summed E-state index contributed by atoms with van der Waals surface area (Å²) in [5.41, 5.74) is 10.9. The minimum absolute atomic E-state index is 0.548. The highest BCUT2D eigenvalue weighted by Crippen LogP contribution is 2.35. The average molecular weight is 296 g/mol. The van der Waals surface area contributed by atoms with Gasteiger partial charge < -0.3 is 15.8 Å². The monoisotopic (exact) mass is 296 g/mol. The SMILES string of the molecule is COc1ccccc1-c1ccc(C2CCNCC2)cc1CN. The number of piperidine rings is 1. The predicted octanol–water partition coefficient (Wildman–Crippen LogP) is 3.29. The zero-order chi connectivity index (χ0) is 15.4. The molecule has 0 unspecified atom stereocenters. The zero-order valence-electron chi connectivity index (χ0n) is 13.1. The van der Waals surface area contributed by atoms with Crippen molar-refractivity contribution in [2.45, 2.75) is 25.3 Å². The van der Waals surface area contributed by atoms with Crippen molar-refractivity contribution < 1.29 is 4.74 Å². The van der Waals surface area contributed by atoms with Crippen molar-refractivity contribution in [3.63, 3.8) is 0 Å². The summed E-state index contributed by atoms with van der Waals surface area (Å²) in [4.78, 5) is 0. The third-order valence-electron chi connectivity index (χ3n) is 4.56. The molecular formula is C19H24N2O. The zero-order valence-corrected chi connectivity index (χ0v) is 13.1. The lowest BCUT2D eigenvalue weighted by Crippen LogP contribution is -2.26. The Bertz CT molecular complexity index is 633. The van der Waals surface area contributed by atoms with Gasteiger partial charge in [0.15, 0.2) is 0 Å². The number of hydrogen-bond acceptors (Lipinski definition) is 3. The van der Waals surface area contributed by atoms with Crippen LogP contribution in [0, 0.1) is 0 Å². The van der Waals surface area contributed by atoms with Gasteiger partial charge in [0.05, 0.1) is 7.11 Å². The Balaban J connectivity index is 1.98. The molecule has 1 fully saturated rings. The molecule has 0 radical (unpaired) electrons. The van der Waals surface area contributed by atoms with Gasteiger partial charge in [-0.15, -0.1) is 0 Å². The van der Waals surface area contributed by atoms with E-state index >= 15 is 0 Å². The van der Waals surface area contributed by atoms with Crippen LogP contribution >= 0.6 is 0 Å². The van der Waals surface area contributed by atoms with Crippen LogP contribution in [0.25, 0.3) is 11.1 Å². The first kappa shape index (κ1) is 15.1. The van der Waals surface area contributed by atoms with Crippen LogP contribution < -0.4 is 15.8 Å². The maximum absolute atomic E-state index is 6.02. The average Bonchev–Trinajstić information content (AvgIpc) is 2.62. The fraction of sp³-hybridized carbons (Fsp3) is 0.368. The maximum atomic E-state index is 6.02. The predicted molar refractivity (Wildman–Crippen MR) is 91.2 cm³/mol. The van der Waals surface area contributed by atoms with Crippen molar-refractivity contribution in [2.24, 2.45) is 5.73 Å². The molecule has 3 rings (SSSR count). The summed E-state index contributed by atoms with van der Waals surface area (Å²) in [5.74, 6) is 1.55. The number of methoxy groups -OCH3 is 1. The second-order valence-corrected chi connectivity index (χ2v) is 5.85. The van der Waals surface area contributed by atoms with Crippen LogP contribution in [-0.2, 0) is 6.54 Å². The van der Waals surface area contributed by atoms with Gasteiger partial charge in [0.25, 0.3) is 0 Å². The fourth-order valence-corrected chi connectivity index (χ4v) is 3.32. The molecule has 3 N–H and O–H groups in total. The van der Waals surface area contributed by atoms with E-state index in [1.165, 1.54) is 29.5 Å². The number of ether oxygens (including phenoxy) is 1. The minimum Gasteiger partial charge on any atom is -0.496 e. The van der Waals surface area contributed by atoms with Gasteiger partial charge in [-0.1, -0.05) is 36.4 Å². The van der Waals surface area contributed by atoms with Gasteiger partial charge in [-0.05, 0) is 54.6 Å². The molecule has 0 bridgehead atoms. The Morgan fingerprint density at radius 1 is 1.09 bits per heavy atom. The Labute approximate surface area is 132 Å². The molecule has 0 aliphatic carbocycles. The van der Waals surface area contributed by atoms with Crippen molar-refractivity contribution in [1.29, 1.82) is 0 Å². The van der Waals surface area contributed by atoms with E-state index in [2.05, 4.69) is 29.6 Å². The van der Waals surface area contributed by atoms with E-state index in [1.54, 1.807) is 7.11 Å². The molecule has 2 aromatic rings. The molecule has 2 aromatic carbocycles. The molecule has 116 valence electrons. The van der Waals surface area contributed by atoms with E-state index in [0.717, 1.165) is 24.4 Å². The van der Waals surface area contributed by atoms with E-state index in [4.69, 9.17) is 10.5 Å². The van der Waals surface area contributed by atoms with Crippen LogP contribution in [0.2, 0.25) is 0 Å². The van der Waals surface area contributed by atoms with Crippen LogP contribution in [0.3, 0.4) is 0 Å². The van der Waals surface area contributed by atoms with Crippen molar-refractivity contribution in [1.82, 2.24) is 5.32 Å². The van der Waals surface area contributed by atoms with Gasteiger partial charge in [-0.25, -0.2) is 0 Å². The molecule has 1 saturated heterocycles. The maximum Gasteiger partial charge on any atom is 0.126 e. The quantitative estimate of drug-likeness (QED) is 0.910. The lowest BCUT2D eigenvalue weighted by atomic mass is 9.87. The molecule has 3 nitrogen and oxygen atoms in total. The molecule has 0 atom stereocenters. The molecule has 0 spiro atoms. The summed E-state index contributed by atoms with van der Waals surface area (Å²) in [6.07, 6.45) is 2.41.